The number of nitro groups is 1. The Labute approximate surface area is 109 Å². The average Bonchev–Trinajstić information content (AvgIpc) is 2.80. The molecular formula is C12H15N3O4. The number of phenolic OH excluding ortho intramolecular Hbond substituents is 1. The van der Waals surface area contributed by atoms with Crippen LogP contribution in [0.5, 0.6) is 5.75 Å². The highest BCUT2D eigenvalue weighted by Crippen LogP contribution is 2.32. The van der Waals surface area contributed by atoms with E-state index in [4.69, 9.17) is 5.73 Å². The van der Waals surface area contributed by atoms with Crippen molar-refractivity contribution >= 4 is 17.3 Å². The smallest absolute Gasteiger partial charge is 0.271 e. The molecule has 0 heterocycles. The molecule has 0 atom stereocenters. The van der Waals surface area contributed by atoms with Crippen LogP contribution in [0.25, 0.3) is 0 Å². The van der Waals surface area contributed by atoms with Crippen molar-refractivity contribution in [2.24, 2.45) is 5.73 Å². The average molecular weight is 265 g/mol. The molecule has 1 saturated carbocycles. The molecule has 7 heteroatoms. The topological polar surface area (TPSA) is 118 Å². The molecule has 1 fully saturated rings. The molecule has 0 saturated heterocycles. The van der Waals surface area contributed by atoms with Crippen LogP contribution in [0.3, 0.4) is 0 Å². The number of nitrogens with two attached hydrogens (primary N) is 1. The summed E-state index contributed by atoms with van der Waals surface area (Å²) in [7, 11) is 0. The number of nitro benzene ring substituents is 1. The highest BCUT2D eigenvalue weighted by molar-refractivity contribution is 5.99. The monoisotopic (exact) mass is 265 g/mol. The largest absolute Gasteiger partial charge is 0.506 e. The fraction of sp³-hybridized carbons (Fsp3) is 0.417. The van der Waals surface area contributed by atoms with Gasteiger partial charge in [0.05, 0.1) is 16.1 Å². The van der Waals surface area contributed by atoms with Gasteiger partial charge in [-0.3, -0.25) is 14.9 Å². The number of anilines is 1. The fourth-order valence-electron chi connectivity index (χ4n) is 2.22. The standard InChI is InChI=1S/C12H15N3O4/c13-12(5-1-2-6-12)11(17)14-9-7-8(15(18)19)3-4-10(9)16/h3-4,7,16H,1-2,5-6,13H2,(H,14,17). The van der Waals surface area contributed by atoms with Gasteiger partial charge in [-0.1, -0.05) is 12.8 Å². The molecule has 0 bridgehead atoms. The maximum atomic E-state index is 12.1. The molecule has 2 rings (SSSR count). The van der Waals surface area contributed by atoms with Gasteiger partial charge in [0.2, 0.25) is 5.91 Å². The Balaban J connectivity index is 2.20. The van der Waals surface area contributed by atoms with Crippen molar-refractivity contribution in [2.75, 3.05) is 5.32 Å². The molecular weight excluding hydrogens is 250 g/mol. The summed E-state index contributed by atoms with van der Waals surface area (Å²) in [5, 5.41) is 22.7. The minimum absolute atomic E-state index is 0.0101. The van der Waals surface area contributed by atoms with E-state index in [0.717, 1.165) is 18.9 Å². The van der Waals surface area contributed by atoms with E-state index >= 15 is 0 Å². The number of phenols is 1. The lowest BCUT2D eigenvalue weighted by Gasteiger charge is -2.22. The van der Waals surface area contributed by atoms with Crippen LogP contribution in [-0.2, 0) is 4.79 Å². The zero-order chi connectivity index (χ0) is 14.0. The summed E-state index contributed by atoms with van der Waals surface area (Å²) >= 11 is 0. The van der Waals surface area contributed by atoms with Gasteiger partial charge in [-0.15, -0.1) is 0 Å². The van der Waals surface area contributed by atoms with Crippen molar-refractivity contribution in [2.45, 2.75) is 31.2 Å². The summed E-state index contributed by atoms with van der Waals surface area (Å²) in [5.41, 5.74) is 4.83. The van der Waals surface area contributed by atoms with Crippen LogP contribution in [0, 0.1) is 10.1 Å². The molecule has 1 amide bonds. The maximum absolute atomic E-state index is 12.1. The predicted octanol–water partition coefficient (Wildman–Crippen LogP) is 1.51. The Morgan fingerprint density at radius 2 is 2.05 bits per heavy atom. The van der Waals surface area contributed by atoms with Crippen LogP contribution in [-0.4, -0.2) is 21.5 Å². The number of hydrogen-bond acceptors (Lipinski definition) is 5. The summed E-state index contributed by atoms with van der Waals surface area (Å²) < 4.78 is 0. The second-order valence-electron chi connectivity index (χ2n) is 4.78. The molecule has 0 aromatic heterocycles. The molecule has 19 heavy (non-hydrogen) atoms. The van der Waals surface area contributed by atoms with Crippen molar-refractivity contribution in [3.63, 3.8) is 0 Å². The number of nitrogens with one attached hydrogen (secondary N) is 1. The second-order valence-corrected chi connectivity index (χ2v) is 4.78. The fourth-order valence-corrected chi connectivity index (χ4v) is 2.22. The second kappa shape index (κ2) is 4.85. The highest BCUT2D eigenvalue weighted by Gasteiger charge is 2.37. The van der Waals surface area contributed by atoms with E-state index in [1.807, 2.05) is 0 Å². The van der Waals surface area contributed by atoms with E-state index in [0.29, 0.717) is 12.8 Å². The number of amides is 1. The Hall–Kier alpha value is -2.15. The Bertz CT molecular complexity index is 524. The van der Waals surface area contributed by atoms with Crippen LogP contribution >= 0.6 is 0 Å². The summed E-state index contributed by atoms with van der Waals surface area (Å²) in [5.74, 6) is -0.638. The third-order valence-corrected chi connectivity index (χ3v) is 3.39. The first-order valence-electron chi connectivity index (χ1n) is 6.00. The SMILES string of the molecule is NC1(C(=O)Nc2cc([N+](=O)[O-])ccc2O)CCCC1. The highest BCUT2D eigenvalue weighted by atomic mass is 16.6. The predicted molar refractivity (Wildman–Crippen MR) is 68.8 cm³/mol. The van der Waals surface area contributed by atoms with Gasteiger partial charge in [-0.05, 0) is 18.9 Å². The van der Waals surface area contributed by atoms with E-state index in [1.165, 1.54) is 12.1 Å². The Morgan fingerprint density at radius 3 is 2.63 bits per heavy atom. The quantitative estimate of drug-likeness (QED) is 0.435. The van der Waals surface area contributed by atoms with E-state index in [-0.39, 0.29) is 17.1 Å². The normalized spacial score (nSPS) is 17.1. The van der Waals surface area contributed by atoms with Crippen molar-refractivity contribution < 1.29 is 14.8 Å². The molecule has 4 N–H and O–H groups in total. The van der Waals surface area contributed by atoms with Crippen molar-refractivity contribution in [1.29, 1.82) is 0 Å². The van der Waals surface area contributed by atoms with Gasteiger partial charge in [0.15, 0.2) is 0 Å². The summed E-state index contributed by atoms with van der Waals surface area (Å²) in [6.07, 6.45) is 2.92. The molecule has 1 aliphatic rings. The summed E-state index contributed by atoms with van der Waals surface area (Å²) in [6, 6.07) is 3.45. The molecule has 1 aromatic carbocycles. The first kappa shape index (κ1) is 13.3. The molecule has 0 radical (unpaired) electrons. The third-order valence-electron chi connectivity index (χ3n) is 3.39. The summed E-state index contributed by atoms with van der Waals surface area (Å²) in [4.78, 5) is 22.1. The zero-order valence-electron chi connectivity index (χ0n) is 10.3. The van der Waals surface area contributed by atoms with Gasteiger partial charge in [-0.2, -0.15) is 0 Å². The van der Waals surface area contributed by atoms with E-state index in [9.17, 15) is 20.0 Å². The Kier molecular flexibility index (Phi) is 3.39. The number of hydrogen-bond donors (Lipinski definition) is 3. The third kappa shape index (κ3) is 2.65. The molecule has 1 aromatic rings. The molecule has 1 aliphatic carbocycles. The number of aromatic hydroxyl groups is 1. The Morgan fingerprint density at radius 1 is 1.42 bits per heavy atom. The number of carbonyl (C=O) groups excluding carboxylic acids is 1. The number of rotatable bonds is 3. The number of benzene rings is 1. The van der Waals surface area contributed by atoms with Gasteiger partial charge >= 0.3 is 0 Å². The lowest BCUT2D eigenvalue weighted by atomic mass is 9.98. The van der Waals surface area contributed by atoms with Crippen molar-refractivity contribution in [1.82, 2.24) is 0 Å². The lowest BCUT2D eigenvalue weighted by molar-refractivity contribution is -0.384. The minimum atomic E-state index is -0.947. The van der Waals surface area contributed by atoms with Crippen LogP contribution in [0.1, 0.15) is 25.7 Å². The van der Waals surface area contributed by atoms with E-state index in [2.05, 4.69) is 5.32 Å². The van der Waals surface area contributed by atoms with E-state index < -0.39 is 16.4 Å². The van der Waals surface area contributed by atoms with Gasteiger partial charge in [0.1, 0.15) is 5.75 Å². The van der Waals surface area contributed by atoms with Gasteiger partial charge < -0.3 is 16.2 Å². The first-order valence-corrected chi connectivity index (χ1v) is 6.00. The van der Waals surface area contributed by atoms with Crippen LogP contribution in [0.4, 0.5) is 11.4 Å². The van der Waals surface area contributed by atoms with Crippen molar-refractivity contribution in [3.05, 3.63) is 28.3 Å². The maximum Gasteiger partial charge on any atom is 0.271 e. The molecule has 0 aliphatic heterocycles. The number of nitrogens with zero attached hydrogens (tertiary/aromatic N) is 1. The molecule has 102 valence electrons. The number of carbonyl (C=O) groups is 1. The van der Waals surface area contributed by atoms with Gasteiger partial charge in [0.25, 0.3) is 5.69 Å². The van der Waals surface area contributed by atoms with E-state index in [1.54, 1.807) is 0 Å². The number of non-ortho nitro benzene ring substituents is 1. The lowest BCUT2D eigenvalue weighted by Crippen LogP contribution is -2.48. The molecule has 7 nitrogen and oxygen atoms in total. The van der Waals surface area contributed by atoms with Crippen LogP contribution < -0.4 is 11.1 Å². The zero-order valence-corrected chi connectivity index (χ0v) is 10.3. The van der Waals surface area contributed by atoms with Gasteiger partial charge in [-0.25, -0.2) is 0 Å². The van der Waals surface area contributed by atoms with Crippen LogP contribution in [0.15, 0.2) is 18.2 Å². The molecule has 0 spiro atoms. The molecule has 0 unspecified atom stereocenters. The minimum Gasteiger partial charge on any atom is -0.506 e. The van der Waals surface area contributed by atoms with Crippen LogP contribution in [0.2, 0.25) is 0 Å². The first-order chi connectivity index (χ1) is 8.92. The van der Waals surface area contributed by atoms with Crippen molar-refractivity contribution in [3.8, 4) is 5.75 Å². The van der Waals surface area contributed by atoms with Gasteiger partial charge in [0, 0.05) is 12.1 Å². The summed E-state index contributed by atoms with van der Waals surface area (Å²) in [6.45, 7) is 0.